The van der Waals surface area contributed by atoms with E-state index in [0.29, 0.717) is 11.4 Å². The van der Waals surface area contributed by atoms with Gasteiger partial charge in [0.05, 0.1) is 0 Å². The maximum Gasteiger partial charge on any atom is 0.238 e. The van der Waals surface area contributed by atoms with E-state index in [9.17, 15) is 18.4 Å². The van der Waals surface area contributed by atoms with Gasteiger partial charge in [-0.2, -0.15) is 0 Å². The summed E-state index contributed by atoms with van der Waals surface area (Å²) in [6.45, 7) is 0. The van der Waals surface area contributed by atoms with Gasteiger partial charge in [-0.05, 0) is 66.9 Å². The minimum absolute atomic E-state index is 0.0530. The molecule has 0 aromatic heterocycles. The Morgan fingerprint density at radius 2 is 1.23 bits per heavy atom. The standard InChI is InChI=1S/C18H18F2N6O2S2/c19-11-4-6-13(7-5-11)21-17(29)25-23-15(27)8-9-16(28)24-26-18(30)22-14-3-1-2-12(20)10-14/h1-7,10H,8-9H2,(H,23,27)(H,24,28)(H2,21,25,29)(H2,22,26,30). The Morgan fingerprint density at radius 1 is 0.700 bits per heavy atom. The van der Waals surface area contributed by atoms with Crippen molar-refractivity contribution in [2.75, 3.05) is 10.6 Å². The van der Waals surface area contributed by atoms with Crippen molar-refractivity contribution in [2.45, 2.75) is 12.8 Å². The lowest BCUT2D eigenvalue weighted by Crippen LogP contribution is -2.45. The average Bonchev–Trinajstić information content (AvgIpc) is 2.71. The molecule has 2 aromatic rings. The molecule has 30 heavy (non-hydrogen) atoms. The smallest absolute Gasteiger partial charge is 0.238 e. The molecule has 0 aliphatic rings. The van der Waals surface area contributed by atoms with Crippen LogP contribution in [0.2, 0.25) is 0 Å². The number of hydrogen-bond acceptors (Lipinski definition) is 4. The molecule has 158 valence electrons. The molecular formula is C18H18F2N6O2S2. The maximum absolute atomic E-state index is 13.1. The fourth-order valence-corrected chi connectivity index (χ4v) is 2.37. The van der Waals surface area contributed by atoms with E-state index in [1.165, 1.54) is 42.5 Å². The van der Waals surface area contributed by atoms with Gasteiger partial charge in [0.25, 0.3) is 0 Å². The molecule has 0 aliphatic carbocycles. The van der Waals surface area contributed by atoms with Crippen LogP contribution in [0.4, 0.5) is 20.2 Å². The number of nitrogens with one attached hydrogen (secondary N) is 6. The Bertz CT molecular complexity index is 927. The molecule has 0 radical (unpaired) electrons. The van der Waals surface area contributed by atoms with Crippen molar-refractivity contribution in [2.24, 2.45) is 0 Å². The molecule has 2 aromatic carbocycles. The van der Waals surface area contributed by atoms with Gasteiger partial charge in [-0.25, -0.2) is 8.78 Å². The Labute approximate surface area is 181 Å². The van der Waals surface area contributed by atoms with Crippen molar-refractivity contribution in [1.29, 1.82) is 0 Å². The Kier molecular flexibility index (Phi) is 8.84. The first-order valence-electron chi connectivity index (χ1n) is 8.54. The van der Waals surface area contributed by atoms with Gasteiger partial charge in [0.1, 0.15) is 11.6 Å². The number of carbonyl (C=O) groups excluding carboxylic acids is 2. The van der Waals surface area contributed by atoms with Gasteiger partial charge in [0.2, 0.25) is 11.8 Å². The third-order valence-corrected chi connectivity index (χ3v) is 3.80. The Balaban J connectivity index is 1.60. The van der Waals surface area contributed by atoms with E-state index in [1.807, 2.05) is 0 Å². The quantitative estimate of drug-likeness (QED) is 0.303. The van der Waals surface area contributed by atoms with Crippen molar-refractivity contribution in [3.8, 4) is 0 Å². The molecular weight excluding hydrogens is 434 g/mol. The van der Waals surface area contributed by atoms with E-state index in [1.54, 1.807) is 6.07 Å². The van der Waals surface area contributed by atoms with Crippen LogP contribution in [0, 0.1) is 11.6 Å². The molecule has 0 heterocycles. The number of halogens is 2. The lowest BCUT2D eigenvalue weighted by Gasteiger charge is -2.12. The first-order chi connectivity index (χ1) is 14.3. The summed E-state index contributed by atoms with van der Waals surface area (Å²) in [5, 5.41) is 5.59. The summed E-state index contributed by atoms with van der Waals surface area (Å²) in [4.78, 5) is 23.6. The minimum Gasteiger partial charge on any atom is -0.331 e. The van der Waals surface area contributed by atoms with Crippen LogP contribution in [-0.4, -0.2) is 22.0 Å². The number of amides is 2. The summed E-state index contributed by atoms with van der Waals surface area (Å²) < 4.78 is 25.9. The van der Waals surface area contributed by atoms with Crippen molar-refractivity contribution >= 4 is 57.8 Å². The maximum atomic E-state index is 13.1. The zero-order valence-corrected chi connectivity index (χ0v) is 17.1. The molecule has 0 atom stereocenters. The van der Waals surface area contributed by atoms with E-state index >= 15 is 0 Å². The van der Waals surface area contributed by atoms with Gasteiger partial charge < -0.3 is 10.6 Å². The molecule has 0 unspecified atom stereocenters. The third kappa shape index (κ3) is 8.75. The molecule has 0 fully saturated rings. The lowest BCUT2D eigenvalue weighted by atomic mass is 10.3. The summed E-state index contributed by atoms with van der Waals surface area (Å²) in [6.07, 6.45) is -0.245. The largest absolute Gasteiger partial charge is 0.331 e. The second-order valence-corrected chi connectivity index (χ2v) is 6.59. The molecule has 2 amide bonds. The van der Waals surface area contributed by atoms with Gasteiger partial charge in [-0.15, -0.1) is 0 Å². The van der Waals surface area contributed by atoms with Crippen LogP contribution in [0.1, 0.15) is 12.8 Å². The first kappa shape index (κ1) is 22.9. The Morgan fingerprint density at radius 3 is 1.77 bits per heavy atom. The summed E-state index contributed by atoms with van der Waals surface area (Å²) in [5.41, 5.74) is 10.5. The van der Waals surface area contributed by atoms with Crippen LogP contribution >= 0.6 is 24.4 Å². The molecule has 0 saturated carbocycles. The number of hydrazine groups is 2. The third-order valence-electron chi connectivity index (χ3n) is 3.39. The molecule has 6 N–H and O–H groups in total. The number of benzene rings is 2. The van der Waals surface area contributed by atoms with Crippen molar-refractivity contribution in [3.05, 3.63) is 60.2 Å². The van der Waals surface area contributed by atoms with Crippen molar-refractivity contribution in [3.63, 3.8) is 0 Å². The van der Waals surface area contributed by atoms with Gasteiger partial charge in [-0.1, -0.05) is 6.07 Å². The SMILES string of the molecule is O=C(CCC(=O)NNC(=S)Nc1cccc(F)c1)NNC(=S)Nc1ccc(F)cc1. The zero-order chi connectivity index (χ0) is 21.9. The van der Waals surface area contributed by atoms with Crippen LogP contribution in [0.25, 0.3) is 0 Å². The normalized spacial score (nSPS) is 9.80. The predicted octanol–water partition coefficient (Wildman–Crippen LogP) is 2.08. The number of hydrogen-bond donors (Lipinski definition) is 6. The summed E-state index contributed by atoms with van der Waals surface area (Å²) in [7, 11) is 0. The topological polar surface area (TPSA) is 106 Å². The van der Waals surface area contributed by atoms with Crippen LogP contribution in [0.15, 0.2) is 48.5 Å². The minimum atomic E-state index is -0.486. The van der Waals surface area contributed by atoms with E-state index < -0.39 is 17.6 Å². The van der Waals surface area contributed by atoms with Gasteiger partial charge in [0.15, 0.2) is 10.2 Å². The first-order valence-corrected chi connectivity index (χ1v) is 9.36. The predicted molar refractivity (Wildman–Crippen MR) is 117 cm³/mol. The molecule has 2 rings (SSSR count). The highest BCUT2D eigenvalue weighted by molar-refractivity contribution is 7.80. The number of anilines is 2. The molecule has 12 heteroatoms. The van der Waals surface area contributed by atoms with Crippen LogP contribution in [0.3, 0.4) is 0 Å². The Hall–Kier alpha value is -3.38. The van der Waals surface area contributed by atoms with Gasteiger partial charge >= 0.3 is 0 Å². The number of thiocarbonyl (C=S) groups is 2. The van der Waals surface area contributed by atoms with E-state index in [0.717, 1.165) is 0 Å². The second-order valence-electron chi connectivity index (χ2n) is 5.77. The van der Waals surface area contributed by atoms with E-state index in [2.05, 4.69) is 32.3 Å². The van der Waals surface area contributed by atoms with Gasteiger partial charge in [0, 0.05) is 24.2 Å². The van der Waals surface area contributed by atoms with Gasteiger partial charge in [-0.3, -0.25) is 31.3 Å². The summed E-state index contributed by atoms with van der Waals surface area (Å²) in [6, 6.07) is 11.1. The summed E-state index contributed by atoms with van der Waals surface area (Å²) >= 11 is 9.96. The highest BCUT2D eigenvalue weighted by atomic mass is 32.1. The van der Waals surface area contributed by atoms with Crippen molar-refractivity contribution < 1.29 is 18.4 Å². The van der Waals surface area contributed by atoms with Crippen molar-refractivity contribution in [1.82, 2.24) is 21.7 Å². The number of rotatable bonds is 5. The fraction of sp³-hybridized carbons (Fsp3) is 0.111. The average molecular weight is 453 g/mol. The molecule has 0 spiro atoms. The summed E-state index contributed by atoms with van der Waals surface area (Å²) in [5.74, 6) is -1.78. The molecule has 0 aliphatic heterocycles. The number of carbonyl (C=O) groups is 2. The lowest BCUT2D eigenvalue weighted by molar-refractivity contribution is -0.127. The highest BCUT2D eigenvalue weighted by Crippen LogP contribution is 2.09. The van der Waals surface area contributed by atoms with Crippen LogP contribution < -0.4 is 32.3 Å². The second kappa shape index (κ2) is 11.6. The fourth-order valence-electron chi connectivity index (χ4n) is 2.03. The molecule has 8 nitrogen and oxygen atoms in total. The van der Waals surface area contributed by atoms with E-state index in [4.69, 9.17) is 24.4 Å². The monoisotopic (exact) mass is 452 g/mol. The zero-order valence-electron chi connectivity index (χ0n) is 15.4. The molecule has 0 bridgehead atoms. The molecule has 0 saturated heterocycles. The highest BCUT2D eigenvalue weighted by Gasteiger charge is 2.08. The van der Waals surface area contributed by atoms with Crippen LogP contribution in [-0.2, 0) is 9.59 Å². The van der Waals surface area contributed by atoms with Crippen LogP contribution in [0.5, 0.6) is 0 Å². The van der Waals surface area contributed by atoms with E-state index in [-0.39, 0.29) is 28.9 Å².